The summed E-state index contributed by atoms with van der Waals surface area (Å²) in [5, 5.41) is 6.90. The number of nitrogens with one attached hydrogen (secondary N) is 1. The predicted molar refractivity (Wildman–Crippen MR) is 61.9 cm³/mol. The molecule has 19 heavy (non-hydrogen) atoms. The molecule has 0 unspecified atom stereocenters. The topological polar surface area (TPSA) is 89.3 Å². The summed E-state index contributed by atoms with van der Waals surface area (Å²) in [6.07, 6.45) is -6.27. The van der Waals surface area contributed by atoms with Gasteiger partial charge in [-0.15, -0.1) is 0 Å². The molecule has 9 heteroatoms. The van der Waals surface area contributed by atoms with Crippen molar-refractivity contribution in [3.63, 3.8) is 0 Å². The lowest BCUT2D eigenvalue weighted by atomic mass is 10.2. The Balaban J connectivity index is 2.96. The molecular formula is C10H11F3N2O3S. The van der Waals surface area contributed by atoms with E-state index in [0.717, 1.165) is 6.07 Å². The average molecular weight is 296 g/mol. The fourth-order valence-electron chi connectivity index (χ4n) is 1.37. The maximum atomic E-state index is 12.0. The van der Waals surface area contributed by atoms with E-state index < -0.39 is 28.5 Å². The summed E-state index contributed by atoms with van der Waals surface area (Å²) in [5.41, 5.74) is 0.264. The van der Waals surface area contributed by atoms with Crippen molar-refractivity contribution in [2.45, 2.75) is 24.4 Å². The van der Waals surface area contributed by atoms with Crippen LogP contribution in [0.25, 0.3) is 0 Å². The van der Waals surface area contributed by atoms with E-state index in [2.05, 4.69) is 0 Å². The zero-order valence-electron chi connectivity index (χ0n) is 9.78. The Morgan fingerprint density at radius 2 is 1.95 bits per heavy atom. The Bertz CT molecular complexity index is 597. The van der Waals surface area contributed by atoms with Gasteiger partial charge in [-0.2, -0.15) is 13.2 Å². The molecule has 1 rings (SSSR count). The van der Waals surface area contributed by atoms with Crippen LogP contribution in [-0.4, -0.2) is 20.5 Å². The van der Waals surface area contributed by atoms with Crippen molar-refractivity contribution in [1.82, 2.24) is 0 Å². The minimum Gasteiger partial charge on any atom is -0.326 e. The lowest BCUT2D eigenvalue weighted by Gasteiger charge is -2.10. The van der Waals surface area contributed by atoms with E-state index in [1.165, 1.54) is 19.1 Å². The molecule has 0 aliphatic rings. The van der Waals surface area contributed by atoms with Crippen LogP contribution in [0, 0.1) is 6.92 Å². The van der Waals surface area contributed by atoms with Crippen LogP contribution in [0.5, 0.6) is 0 Å². The number of anilines is 1. The van der Waals surface area contributed by atoms with Crippen LogP contribution >= 0.6 is 0 Å². The number of alkyl halides is 3. The highest BCUT2D eigenvalue weighted by Gasteiger charge is 2.31. The summed E-state index contributed by atoms with van der Waals surface area (Å²) in [6, 6.07) is 3.64. The molecule has 1 aromatic carbocycles. The number of amides is 1. The monoisotopic (exact) mass is 296 g/mol. The van der Waals surface area contributed by atoms with Crippen LogP contribution in [0.4, 0.5) is 18.9 Å². The van der Waals surface area contributed by atoms with Gasteiger partial charge < -0.3 is 5.32 Å². The van der Waals surface area contributed by atoms with Gasteiger partial charge in [0.2, 0.25) is 15.9 Å². The fourth-order valence-corrected chi connectivity index (χ4v) is 2.18. The van der Waals surface area contributed by atoms with Gasteiger partial charge in [0.15, 0.2) is 0 Å². The summed E-state index contributed by atoms with van der Waals surface area (Å²) in [6.45, 7) is 1.47. The Hall–Kier alpha value is -1.61. The third-order valence-electron chi connectivity index (χ3n) is 2.14. The number of nitrogens with two attached hydrogens (primary N) is 1. The number of carbonyl (C=O) groups is 1. The molecule has 0 spiro atoms. The van der Waals surface area contributed by atoms with Crippen molar-refractivity contribution >= 4 is 21.6 Å². The Labute approximate surface area is 107 Å². The minimum absolute atomic E-state index is 0.0659. The molecule has 1 amide bonds. The van der Waals surface area contributed by atoms with Crippen molar-refractivity contribution in [2.75, 3.05) is 5.32 Å². The van der Waals surface area contributed by atoms with E-state index in [0.29, 0.717) is 5.56 Å². The summed E-state index contributed by atoms with van der Waals surface area (Å²) in [7, 11) is -4.00. The molecule has 0 aliphatic heterocycles. The van der Waals surface area contributed by atoms with Gasteiger partial charge in [-0.1, -0.05) is 6.07 Å². The van der Waals surface area contributed by atoms with E-state index >= 15 is 0 Å². The van der Waals surface area contributed by atoms with Gasteiger partial charge in [-0.3, -0.25) is 4.79 Å². The molecule has 106 valence electrons. The Kier molecular flexibility index (Phi) is 4.21. The number of primary sulfonamides is 1. The van der Waals surface area contributed by atoms with Crippen LogP contribution in [0.2, 0.25) is 0 Å². The second-order valence-electron chi connectivity index (χ2n) is 3.87. The van der Waals surface area contributed by atoms with E-state index in [-0.39, 0.29) is 10.6 Å². The smallest absolute Gasteiger partial charge is 0.326 e. The number of aryl methyl sites for hydroxylation is 1. The first-order valence-corrected chi connectivity index (χ1v) is 6.54. The fraction of sp³-hybridized carbons (Fsp3) is 0.300. The quantitative estimate of drug-likeness (QED) is 0.886. The van der Waals surface area contributed by atoms with E-state index in [9.17, 15) is 26.4 Å². The molecule has 0 saturated heterocycles. The second kappa shape index (κ2) is 5.17. The molecular weight excluding hydrogens is 285 g/mol. The number of benzene rings is 1. The van der Waals surface area contributed by atoms with Crippen molar-refractivity contribution in [2.24, 2.45) is 5.14 Å². The van der Waals surface area contributed by atoms with Crippen LogP contribution in [-0.2, 0) is 14.8 Å². The molecule has 0 aliphatic carbocycles. The SMILES string of the molecule is Cc1ccc(NC(=O)CC(F)(F)F)cc1S(N)(=O)=O. The molecule has 0 aromatic heterocycles. The lowest BCUT2D eigenvalue weighted by molar-refractivity contribution is -0.150. The Morgan fingerprint density at radius 1 is 1.37 bits per heavy atom. The van der Waals surface area contributed by atoms with Crippen molar-refractivity contribution < 1.29 is 26.4 Å². The molecule has 0 atom stereocenters. The first-order valence-electron chi connectivity index (χ1n) is 4.99. The largest absolute Gasteiger partial charge is 0.397 e. The first kappa shape index (κ1) is 15.4. The third-order valence-corrected chi connectivity index (χ3v) is 3.19. The highest BCUT2D eigenvalue weighted by molar-refractivity contribution is 7.89. The van der Waals surface area contributed by atoms with Gasteiger partial charge in [-0.25, -0.2) is 13.6 Å². The first-order chi connectivity index (χ1) is 8.49. The number of hydrogen-bond acceptors (Lipinski definition) is 3. The molecule has 0 bridgehead atoms. The van der Waals surface area contributed by atoms with Gasteiger partial charge in [0.25, 0.3) is 0 Å². The van der Waals surface area contributed by atoms with E-state index in [1.54, 1.807) is 0 Å². The predicted octanol–water partition coefficient (Wildman–Crippen LogP) is 1.53. The number of rotatable bonds is 3. The molecule has 1 aromatic rings. The van der Waals surface area contributed by atoms with E-state index in [1.807, 2.05) is 5.32 Å². The number of sulfonamides is 1. The minimum atomic E-state index is -4.63. The van der Waals surface area contributed by atoms with Crippen LogP contribution in [0.3, 0.4) is 0 Å². The van der Waals surface area contributed by atoms with Crippen molar-refractivity contribution in [1.29, 1.82) is 0 Å². The van der Waals surface area contributed by atoms with Crippen LogP contribution in [0.1, 0.15) is 12.0 Å². The van der Waals surface area contributed by atoms with Gasteiger partial charge in [0.1, 0.15) is 6.42 Å². The molecule has 5 nitrogen and oxygen atoms in total. The van der Waals surface area contributed by atoms with Crippen molar-refractivity contribution in [3.05, 3.63) is 23.8 Å². The molecule has 0 fully saturated rings. The van der Waals surface area contributed by atoms with Gasteiger partial charge in [-0.05, 0) is 24.6 Å². The van der Waals surface area contributed by atoms with Gasteiger partial charge >= 0.3 is 6.18 Å². The van der Waals surface area contributed by atoms with Crippen LogP contribution < -0.4 is 10.5 Å². The van der Waals surface area contributed by atoms with Crippen molar-refractivity contribution in [3.8, 4) is 0 Å². The average Bonchev–Trinajstić information content (AvgIpc) is 2.16. The van der Waals surface area contributed by atoms with E-state index in [4.69, 9.17) is 5.14 Å². The summed E-state index contributed by atoms with van der Waals surface area (Å²) >= 11 is 0. The molecule has 0 heterocycles. The normalized spacial score (nSPS) is 12.3. The summed E-state index contributed by atoms with van der Waals surface area (Å²) in [4.78, 5) is 10.8. The van der Waals surface area contributed by atoms with Gasteiger partial charge in [0, 0.05) is 5.69 Å². The maximum absolute atomic E-state index is 12.0. The number of carbonyl (C=O) groups excluding carboxylic acids is 1. The molecule has 3 N–H and O–H groups in total. The summed E-state index contributed by atoms with van der Waals surface area (Å²) < 4.78 is 58.3. The van der Waals surface area contributed by atoms with Crippen LogP contribution in [0.15, 0.2) is 23.1 Å². The zero-order chi connectivity index (χ0) is 14.8. The third kappa shape index (κ3) is 4.87. The van der Waals surface area contributed by atoms with Gasteiger partial charge in [0.05, 0.1) is 4.90 Å². The summed E-state index contributed by atoms with van der Waals surface area (Å²) in [5.74, 6) is -1.28. The molecule has 0 saturated carbocycles. The lowest BCUT2D eigenvalue weighted by Crippen LogP contribution is -2.21. The highest BCUT2D eigenvalue weighted by Crippen LogP contribution is 2.22. The standard InChI is InChI=1S/C10H11F3N2O3S/c1-6-2-3-7(4-8(6)19(14,17)18)15-9(16)5-10(11,12)13/h2-4H,5H2,1H3,(H,15,16)(H2,14,17,18). The molecule has 0 radical (unpaired) electrons. The zero-order valence-corrected chi connectivity index (χ0v) is 10.6. The number of hydrogen-bond donors (Lipinski definition) is 2. The maximum Gasteiger partial charge on any atom is 0.397 e. The highest BCUT2D eigenvalue weighted by atomic mass is 32.2. The number of halogens is 3. The Morgan fingerprint density at radius 3 is 2.42 bits per heavy atom. The second-order valence-corrected chi connectivity index (χ2v) is 5.40.